The van der Waals surface area contributed by atoms with Crippen molar-refractivity contribution in [1.82, 2.24) is 19.9 Å². The molecule has 0 amide bonds. The summed E-state index contributed by atoms with van der Waals surface area (Å²) in [5.74, 6) is 14.9. The van der Waals surface area contributed by atoms with Crippen molar-refractivity contribution in [2.24, 2.45) is 0 Å². The molecule has 0 atom stereocenters. The number of nitro groups is 2. The Morgan fingerprint density at radius 2 is 0.954 bits per heavy atom. The van der Waals surface area contributed by atoms with Crippen LogP contribution in [0.5, 0.6) is 23.0 Å². The van der Waals surface area contributed by atoms with E-state index in [1.165, 1.54) is 26.4 Å². The van der Waals surface area contributed by atoms with Crippen molar-refractivity contribution < 1.29 is 37.2 Å². The average molecular weight is 983 g/mol. The van der Waals surface area contributed by atoms with Gasteiger partial charge in [-0.15, -0.1) is 0 Å². The summed E-state index contributed by atoms with van der Waals surface area (Å²) in [4.78, 5) is 39.0. The molecule has 0 radical (unpaired) electrons. The Morgan fingerprint density at radius 1 is 0.585 bits per heavy atom. The standard InChI is InChI=1S/C22H17Cl2N3O4.C22H19N3O4.Cl2O2S/c1-13-5-4-6-17(27(28)29)16(13)9-20-25-11-14(12-26-20)7-8-15-21(23)18(30-2)10-19(31-3)22(15)24;1-15-5-4-6-21(25(26)27)20(15)12-22-23-13-17(14-24-22)8-7-16-9-18(28-2)11-19(10-16)29-3;1-5(2,3)4/h4-6,10-12H,9H2,1-3H3;4-6,9-11,13-14H,12H2,1-3H3;. The predicted octanol–water partition coefficient (Wildman–Crippen LogP) is 9.42. The van der Waals surface area contributed by atoms with E-state index in [0.717, 1.165) is 16.7 Å². The number of nitrogens with zero attached hydrogens (tertiary/aromatic N) is 6. The quantitative estimate of drug-likeness (QED) is 0.0542. The number of hydrogen-bond donors (Lipinski definition) is 0. The summed E-state index contributed by atoms with van der Waals surface area (Å²) in [7, 11) is 10.9. The molecule has 2 aromatic heterocycles. The van der Waals surface area contributed by atoms with E-state index in [2.05, 4.69) is 65.0 Å². The molecule has 0 bridgehead atoms. The number of aryl methyl sites for hydroxylation is 2. The highest BCUT2D eigenvalue weighted by molar-refractivity contribution is 8.31. The van der Waals surface area contributed by atoms with Crippen LogP contribution in [0, 0.1) is 57.8 Å². The normalized spacial score (nSPS) is 10.2. The number of hydrogen-bond acceptors (Lipinski definition) is 14. The van der Waals surface area contributed by atoms with Crippen molar-refractivity contribution >= 4 is 64.2 Å². The fourth-order valence-corrected chi connectivity index (χ4v) is 6.26. The second-order valence-corrected chi connectivity index (χ2v) is 17.5. The van der Waals surface area contributed by atoms with Crippen LogP contribution in [0.25, 0.3) is 0 Å². The van der Waals surface area contributed by atoms with E-state index >= 15 is 0 Å². The van der Waals surface area contributed by atoms with Gasteiger partial charge in [-0.2, -0.15) is 8.42 Å². The molecule has 16 nitrogen and oxygen atoms in total. The number of methoxy groups -OCH3 is 4. The molecule has 65 heavy (non-hydrogen) atoms. The van der Waals surface area contributed by atoms with Crippen LogP contribution in [-0.2, 0) is 21.1 Å². The highest BCUT2D eigenvalue weighted by atomic mass is 36.0. The molecular formula is C44H36Cl4N6O10S. The smallest absolute Gasteiger partial charge is 0.317 e. The van der Waals surface area contributed by atoms with Crippen LogP contribution in [0.4, 0.5) is 11.4 Å². The van der Waals surface area contributed by atoms with Gasteiger partial charge in [0.15, 0.2) is 0 Å². The van der Waals surface area contributed by atoms with Crippen LogP contribution in [0.15, 0.2) is 85.5 Å². The van der Waals surface area contributed by atoms with Crippen LogP contribution in [0.2, 0.25) is 10.0 Å². The fraction of sp³-hybridized carbons (Fsp3) is 0.182. The molecular weight excluding hydrogens is 946 g/mol. The minimum atomic E-state index is -3.72. The Labute approximate surface area is 393 Å². The lowest BCUT2D eigenvalue weighted by Gasteiger charge is -2.10. The number of ether oxygens (including phenoxy) is 4. The largest absolute Gasteiger partial charge is 0.497 e. The minimum absolute atomic E-state index is 0.0451. The molecule has 0 fully saturated rings. The van der Waals surface area contributed by atoms with Gasteiger partial charge in [-0.3, -0.25) is 20.2 Å². The van der Waals surface area contributed by atoms with E-state index in [-0.39, 0.29) is 39.2 Å². The summed E-state index contributed by atoms with van der Waals surface area (Å²) in [6.07, 6.45) is 6.82. The molecule has 4 aromatic carbocycles. The third kappa shape index (κ3) is 15.2. The first kappa shape index (κ1) is 50.9. The summed E-state index contributed by atoms with van der Waals surface area (Å²) in [5, 5.41) is 23.1. The number of rotatable bonds is 10. The Hall–Kier alpha value is -6.73. The minimum Gasteiger partial charge on any atom is -0.497 e. The van der Waals surface area contributed by atoms with E-state index in [0.29, 0.717) is 62.5 Å². The van der Waals surface area contributed by atoms with E-state index in [1.807, 2.05) is 38.1 Å². The maximum absolute atomic E-state index is 11.3. The summed E-state index contributed by atoms with van der Waals surface area (Å²) < 4.78 is 39.3. The summed E-state index contributed by atoms with van der Waals surface area (Å²) in [6.45, 7) is 3.66. The lowest BCUT2D eigenvalue weighted by atomic mass is 10.0. The molecule has 336 valence electrons. The molecule has 0 aliphatic carbocycles. The van der Waals surface area contributed by atoms with Gasteiger partial charge in [0, 0.05) is 99.9 Å². The van der Waals surface area contributed by atoms with Gasteiger partial charge in [0.1, 0.15) is 34.6 Å². The van der Waals surface area contributed by atoms with Crippen molar-refractivity contribution in [2.75, 3.05) is 28.4 Å². The van der Waals surface area contributed by atoms with Crippen LogP contribution >= 0.6 is 44.6 Å². The first-order chi connectivity index (χ1) is 30.8. The Kier molecular flexibility index (Phi) is 18.6. The first-order valence-corrected chi connectivity index (χ1v) is 22.3. The topological polar surface area (TPSA) is 209 Å². The van der Waals surface area contributed by atoms with Crippen LogP contribution < -0.4 is 18.9 Å². The van der Waals surface area contributed by atoms with Gasteiger partial charge < -0.3 is 18.9 Å². The van der Waals surface area contributed by atoms with Crippen molar-refractivity contribution in [3.8, 4) is 46.7 Å². The second-order valence-electron chi connectivity index (χ2n) is 13.1. The number of halogens is 4. The molecule has 0 N–H and O–H groups in total. The third-order valence-electron chi connectivity index (χ3n) is 8.85. The van der Waals surface area contributed by atoms with Gasteiger partial charge in [0.2, 0.25) is 0 Å². The first-order valence-electron chi connectivity index (χ1n) is 18.4. The van der Waals surface area contributed by atoms with E-state index in [4.69, 9.17) is 50.6 Å². The Bertz CT molecular complexity index is 2880. The monoisotopic (exact) mass is 980 g/mol. The van der Waals surface area contributed by atoms with Crippen LogP contribution in [-0.4, -0.2) is 66.6 Å². The van der Waals surface area contributed by atoms with E-state index in [9.17, 15) is 20.2 Å². The molecule has 0 saturated carbocycles. The molecule has 0 spiro atoms. The van der Waals surface area contributed by atoms with Crippen molar-refractivity contribution in [3.05, 3.63) is 172 Å². The molecule has 6 aromatic rings. The van der Waals surface area contributed by atoms with E-state index in [1.54, 1.807) is 63.3 Å². The average Bonchev–Trinajstić information content (AvgIpc) is 3.27. The van der Waals surface area contributed by atoms with Crippen LogP contribution in [0.3, 0.4) is 0 Å². The van der Waals surface area contributed by atoms with Gasteiger partial charge >= 0.3 is 8.26 Å². The lowest BCUT2D eigenvalue weighted by Crippen LogP contribution is -2.02. The summed E-state index contributed by atoms with van der Waals surface area (Å²) in [5.41, 5.74) is 5.20. The van der Waals surface area contributed by atoms with Gasteiger partial charge in [0.05, 0.1) is 65.0 Å². The highest BCUT2D eigenvalue weighted by Crippen LogP contribution is 2.40. The number of nitro benzene ring substituents is 2. The zero-order chi connectivity index (χ0) is 47.8. The molecule has 0 aliphatic rings. The molecule has 0 unspecified atom stereocenters. The summed E-state index contributed by atoms with van der Waals surface area (Å²) in [6, 6.07) is 16.9. The van der Waals surface area contributed by atoms with Gasteiger partial charge in [-0.05, 0) is 37.1 Å². The van der Waals surface area contributed by atoms with Gasteiger partial charge in [0.25, 0.3) is 11.4 Å². The zero-order valence-corrected chi connectivity index (χ0v) is 39.0. The molecule has 2 heterocycles. The predicted molar refractivity (Wildman–Crippen MR) is 247 cm³/mol. The van der Waals surface area contributed by atoms with Crippen LogP contribution in [0.1, 0.15) is 56.2 Å². The number of aromatic nitrogens is 4. The van der Waals surface area contributed by atoms with E-state index < -0.39 is 13.2 Å². The molecule has 6 rings (SSSR count). The zero-order valence-electron chi connectivity index (χ0n) is 35.2. The molecule has 0 saturated heterocycles. The Morgan fingerprint density at radius 3 is 1.31 bits per heavy atom. The highest BCUT2D eigenvalue weighted by Gasteiger charge is 2.19. The second kappa shape index (κ2) is 23.8. The van der Waals surface area contributed by atoms with Crippen molar-refractivity contribution in [2.45, 2.75) is 26.7 Å². The number of benzene rings is 4. The molecule has 0 aliphatic heterocycles. The van der Waals surface area contributed by atoms with Crippen molar-refractivity contribution in [1.29, 1.82) is 0 Å². The summed E-state index contributed by atoms with van der Waals surface area (Å²) >= 11 is 12.7. The fourth-order valence-electron chi connectivity index (χ4n) is 5.67. The molecule has 21 heteroatoms. The lowest BCUT2D eigenvalue weighted by molar-refractivity contribution is -0.385. The Balaban J connectivity index is 0.000000258. The van der Waals surface area contributed by atoms with Gasteiger partial charge in [-0.25, -0.2) is 19.9 Å². The SMILES string of the molecule is COc1cc(C#Cc2cnc(Cc3c(C)cccc3[N+](=O)[O-])nc2)cc(OC)c1.COc1cc(OC)c(Cl)c(C#Cc2cnc(Cc3c(C)cccc3[N+](=O)[O-])nc2)c1Cl.O=S(=O)(Cl)Cl. The maximum atomic E-state index is 11.3. The van der Waals surface area contributed by atoms with Gasteiger partial charge in [-0.1, -0.05) is 71.1 Å². The third-order valence-corrected chi connectivity index (χ3v) is 9.60. The maximum Gasteiger partial charge on any atom is 0.317 e. The van der Waals surface area contributed by atoms with Crippen molar-refractivity contribution in [3.63, 3.8) is 0 Å².